The Morgan fingerprint density at radius 3 is 1.59 bits per heavy atom. The minimum Gasteiger partial charge on any atom is -0.379 e. The normalized spacial score (nSPS) is 17.7. The molecule has 29 heavy (non-hydrogen) atoms. The molecule has 0 radical (unpaired) electrons. The quantitative estimate of drug-likeness (QED) is 0.195. The van der Waals surface area contributed by atoms with E-state index in [0.29, 0.717) is 12.5 Å². The van der Waals surface area contributed by atoms with Gasteiger partial charge < -0.3 is 9.47 Å². The van der Waals surface area contributed by atoms with E-state index in [-0.39, 0.29) is 0 Å². The lowest BCUT2D eigenvalue weighted by Gasteiger charge is -2.22. The Balaban J connectivity index is 1.66. The van der Waals surface area contributed by atoms with E-state index in [9.17, 15) is 13.2 Å². The van der Waals surface area contributed by atoms with Crippen LogP contribution in [0.5, 0.6) is 0 Å². The molecule has 1 aliphatic rings. The van der Waals surface area contributed by atoms with Crippen LogP contribution in [-0.4, -0.2) is 32.1 Å². The first-order chi connectivity index (χ1) is 14.1. The molecule has 0 aliphatic carbocycles. The molecule has 1 fully saturated rings. The summed E-state index contributed by atoms with van der Waals surface area (Å²) in [6.45, 7) is 2.56. The predicted molar refractivity (Wildman–Crippen MR) is 114 cm³/mol. The average Bonchev–Trinajstić information content (AvgIpc) is 2.69. The van der Waals surface area contributed by atoms with Crippen LogP contribution in [0, 0.1) is 0 Å². The molecule has 1 saturated heterocycles. The number of ether oxygens (including phenoxy) is 2. The SMILES string of the molecule is FC(F)(F)CCCCCCCCCCCCCCCCCOCC1CCCCO1. The smallest absolute Gasteiger partial charge is 0.379 e. The average molecular weight is 423 g/mol. The molecule has 0 aromatic carbocycles. The van der Waals surface area contributed by atoms with Gasteiger partial charge in [-0.3, -0.25) is 0 Å². The summed E-state index contributed by atoms with van der Waals surface area (Å²) in [4.78, 5) is 0. The van der Waals surface area contributed by atoms with Gasteiger partial charge in [-0.1, -0.05) is 83.5 Å². The fraction of sp³-hybridized carbons (Fsp3) is 1.00. The van der Waals surface area contributed by atoms with E-state index in [2.05, 4.69) is 0 Å². The van der Waals surface area contributed by atoms with Gasteiger partial charge in [-0.25, -0.2) is 0 Å². The molecule has 0 spiro atoms. The molecule has 1 unspecified atom stereocenters. The summed E-state index contributed by atoms with van der Waals surface area (Å²) in [5.74, 6) is 0. The van der Waals surface area contributed by atoms with Crippen LogP contribution in [0.15, 0.2) is 0 Å². The highest BCUT2D eigenvalue weighted by molar-refractivity contribution is 4.62. The van der Waals surface area contributed by atoms with Crippen LogP contribution in [0.3, 0.4) is 0 Å². The molecule has 1 aliphatic heterocycles. The lowest BCUT2D eigenvalue weighted by molar-refractivity contribution is -0.135. The van der Waals surface area contributed by atoms with Crippen molar-refractivity contribution >= 4 is 0 Å². The third-order valence-electron chi connectivity index (χ3n) is 5.83. The number of alkyl halides is 3. The van der Waals surface area contributed by atoms with Gasteiger partial charge in [-0.05, 0) is 32.1 Å². The van der Waals surface area contributed by atoms with Gasteiger partial charge >= 0.3 is 6.18 Å². The Bertz CT molecular complexity index is 342. The minimum atomic E-state index is -3.97. The van der Waals surface area contributed by atoms with E-state index in [1.165, 1.54) is 83.5 Å². The maximum atomic E-state index is 12.0. The van der Waals surface area contributed by atoms with Gasteiger partial charge in [0.15, 0.2) is 0 Å². The Kier molecular flexibility index (Phi) is 17.0. The molecule has 0 bridgehead atoms. The zero-order valence-corrected chi connectivity index (χ0v) is 18.6. The zero-order valence-electron chi connectivity index (χ0n) is 18.6. The highest BCUT2D eigenvalue weighted by atomic mass is 19.4. The van der Waals surface area contributed by atoms with Crippen molar-refractivity contribution in [1.29, 1.82) is 0 Å². The maximum Gasteiger partial charge on any atom is 0.389 e. The lowest BCUT2D eigenvalue weighted by atomic mass is 10.0. The molecule has 0 N–H and O–H groups in total. The van der Waals surface area contributed by atoms with Crippen LogP contribution in [0.4, 0.5) is 13.2 Å². The third kappa shape index (κ3) is 19.4. The van der Waals surface area contributed by atoms with Gasteiger partial charge in [-0.15, -0.1) is 0 Å². The van der Waals surface area contributed by atoms with E-state index >= 15 is 0 Å². The lowest BCUT2D eigenvalue weighted by Crippen LogP contribution is -2.24. The van der Waals surface area contributed by atoms with Crippen LogP contribution in [-0.2, 0) is 9.47 Å². The first kappa shape index (κ1) is 26.7. The molecule has 0 amide bonds. The largest absolute Gasteiger partial charge is 0.389 e. The van der Waals surface area contributed by atoms with Gasteiger partial charge in [-0.2, -0.15) is 13.2 Å². The third-order valence-corrected chi connectivity index (χ3v) is 5.83. The Morgan fingerprint density at radius 1 is 0.655 bits per heavy atom. The molecule has 0 saturated carbocycles. The van der Waals surface area contributed by atoms with E-state index < -0.39 is 12.6 Å². The van der Waals surface area contributed by atoms with Crippen molar-refractivity contribution < 1.29 is 22.6 Å². The van der Waals surface area contributed by atoms with Crippen LogP contribution in [0.2, 0.25) is 0 Å². The molecule has 2 nitrogen and oxygen atoms in total. The Labute approximate surface area is 177 Å². The summed E-state index contributed by atoms with van der Waals surface area (Å²) in [5.41, 5.74) is 0. The Hall–Kier alpha value is -0.290. The summed E-state index contributed by atoms with van der Waals surface area (Å²) >= 11 is 0. The number of hydrogen-bond acceptors (Lipinski definition) is 2. The molecule has 1 atom stereocenters. The second kappa shape index (κ2) is 18.5. The number of rotatable bonds is 19. The van der Waals surface area contributed by atoms with Crippen LogP contribution < -0.4 is 0 Å². The Morgan fingerprint density at radius 2 is 1.14 bits per heavy atom. The van der Waals surface area contributed by atoms with Gasteiger partial charge in [0.1, 0.15) is 0 Å². The minimum absolute atomic E-state index is 0.298. The van der Waals surface area contributed by atoms with Crippen molar-refractivity contribution in [3.05, 3.63) is 0 Å². The van der Waals surface area contributed by atoms with E-state index in [4.69, 9.17) is 9.47 Å². The second-order valence-corrected chi connectivity index (χ2v) is 8.73. The molecular weight excluding hydrogens is 377 g/mol. The molecular formula is C24H45F3O2. The first-order valence-corrected chi connectivity index (χ1v) is 12.3. The fourth-order valence-electron chi connectivity index (χ4n) is 3.98. The van der Waals surface area contributed by atoms with Gasteiger partial charge in [0.25, 0.3) is 0 Å². The number of halogens is 3. The van der Waals surface area contributed by atoms with Crippen molar-refractivity contribution in [2.45, 2.75) is 134 Å². The van der Waals surface area contributed by atoms with Crippen LogP contribution >= 0.6 is 0 Å². The molecule has 5 heteroatoms. The van der Waals surface area contributed by atoms with Crippen LogP contribution in [0.25, 0.3) is 0 Å². The van der Waals surface area contributed by atoms with E-state index in [0.717, 1.165) is 45.5 Å². The predicted octanol–water partition coefficient (Wildman–Crippen LogP) is 8.38. The summed E-state index contributed by atoms with van der Waals surface area (Å²) in [7, 11) is 0. The highest BCUT2D eigenvalue weighted by Crippen LogP contribution is 2.23. The van der Waals surface area contributed by atoms with Crippen molar-refractivity contribution in [1.82, 2.24) is 0 Å². The molecule has 0 aromatic heterocycles. The van der Waals surface area contributed by atoms with Crippen molar-refractivity contribution in [3.63, 3.8) is 0 Å². The highest BCUT2D eigenvalue weighted by Gasteiger charge is 2.25. The van der Waals surface area contributed by atoms with Crippen molar-refractivity contribution in [2.24, 2.45) is 0 Å². The maximum absolute atomic E-state index is 12.0. The molecule has 1 rings (SSSR count). The van der Waals surface area contributed by atoms with Crippen molar-refractivity contribution in [3.8, 4) is 0 Å². The van der Waals surface area contributed by atoms with Crippen LogP contribution in [0.1, 0.15) is 122 Å². The number of unbranched alkanes of at least 4 members (excludes halogenated alkanes) is 14. The molecule has 174 valence electrons. The standard InChI is InChI=1S/C24H45F3O2/c25-24(26,27)19-15-12-10-8-6-4-2-1-3-5-7-9-11-13-16-20-28-22-23-18-14-17-21-29-23/h23H,1-22H2. The number of hydrogen-bond donors (Lipinski definition) is 0. The zero-order chi connectivity index (χ0) is 21.0. The topological polar surface area (TPSA) is 18.5 Å². The summed E-state index contributed by atoms with van der Waals surface area (Å²) < 4.78 is 47.4. The fourth-order valence-corrected chi connectivity index (χ4v) is 3.98. The van der Waals surface area contributed by atoms with Crippen molar-refractivity contribution in [2.75, 3.05) is 19.8 Å². The monoisotopic (exact) mass is 422 g/mol. The van der Waals surface area contributed by atoms with Gasteiger partial charge in [0, 0.05) is 19.6 Å². The van der Waals surface area contributed by atoms with E-state index in [1.807, 2.05) is 0 Å². The van der Waals surface area contributed by atoms with Gasteiger partial charge in [0.2, 0.25) is 0 Å². The molecule has 1 heterocycles. The summed E-state index contributed by atoms with van der Waals surface area (Å²) in [6, 6.07) is 0. The van der Waals surface area contributed by atoms with E-state index in [1.54, 1.807) is 0 Å². The summed E-state index contributed by atoms with van der Waals surface area (Å²) in [5, 5.41) is 0. The summed E-state index contributed by atoms with van der Waals surface area (Å²) in [6.07, 6.45) is 16.6. The molecule has 0 aromatic rings. The second-order valence-electron chi connectivity index (χ2n) is 8.73. The van der Waals surface area contributed by atoms with Gasteiger partial charge in [0.05, 0.1) is 12.7 Å². The first-order valence-electron chi connectivity index (χ1n) is 12.3.